The maximum Gasteiger partial charge on any atom is 0.631 e. The van der Waals surface area contributed by atoms with Gasteiger partial charge in [0.15, 0.2) is 0 Å². The largest absolute Gasteiger partial charge is 0.631 e. The summed E-state index contributed by atoms with van der Waals surface area (Å²) in [5, 5.41) is 23.0. The Hall–Kier alpha value is -1.51. The Morgan fingerprint density at radius 2 is 1.62 bits per heavy atom. The molecule has 0 unspecified atom stereocenters. The summed E-state index contributed by atoms with van der Waals surface area (Å²) in [6.07, 6.45) is 0. The lowest BCUT2D eigenvalue weighted by molar-refractivity contribution is 0.0699. The van der Waals surface area contributed by atoms with E-state index >= 15 is 0 Å². The van der Waals surface area contributed by atoms with Crippen molar-refractivity contribution in [3.05, 3.63) is 35.9 Å². The first kappa shape index (κ1) is 14.5. The minimum atomic E-state index is -2.81. The van der Waals surface area contributed by atoms with E-state index in [1.54, 1.807) is 18.2 Å². The highest BCUT2D eigenvalue weighted by Crippen LogP contribution is 1.99. The van der Waals surface area contributed by atoms with Gasteiger partial charge in [-0.15, -0.1) is 0 Å². The topological polar surface area (TPSA) is 89.8 Å². The van der Waals surface area contributed by atoms with Crippen LogP contribution in [0.25, 0.3) is 0 Å². The molecule has 1 amide bonds. The van der Waals surface area contributed by atoms with Gasteiger partial charge in [-0.1, -0.05) is 18.2 Å². The smallest absolute Gasteiger partial charge is 0.402 e. The first-order valence-corrected chi connectivity index (χ1v) is 4.11. The monoisotopic (exact) mass is 233 g/mol. The number of carbonyl (C=O) groups excluding carboxylic acids is 1. The zero-order valence-electron chi connectivity index (χ0n) is 8.05. The highest BCUT2D eigenvalue weighted by molar-refractivity contribution is 6.30. The van der Waals surface area contributed by atoms with E-state index in [2.05, 4.69) is 0 Å². The Labute approximate surface area is 90.5 Å². The molecule has 0 aliphatic carbocycles. The molecule has 16 heavy (non-hydrogen) atoms. The van der Waals surface area contributed by atoms with Crippen molar-refractivity contribution in [1.29, 1.82) is 0 Å². The molecule has 0 aliphatic rings. The van der Waals surface area contributed by atoms with Crippen LogP contribution in [-0.4, -0.2) is 34.8 Å². The lowest BCUT2D eigenvalue weighted by Gasteiger charge is -2.01. The van der Waals surface area contributed by atoms with Gasteiger partial charge in [0, 0.05) is 5.56 Å². The highest BCUT2D eigenvalue weighted by Gasteiger charge is 2.08. The van der Waals surface area contributed by atoms with Crippen molar-refractivity contribution in [2.75, 3.05) is 0 Å². The molecule has 8 heteroatoms. The molecular formula is C8H10BF2NO4. The number of rotatable bonds is 2. The fourth-order valence-corrected chi connectivity index (χ4v) is 0.772. The summed E-state index contributed by atoms with van der Waals surface area (Å²) < 4.78 is 23.3. The number of carbonyl (C=O) groups is 1. The predicted molar refractivity (Wildman–Crippen MR) is 52.3 cm³/mol. The quantitative estimate of drug-likeness (QED) is 0.412. The molecule has 0 saturated heterocycles. The summed E-state index contributed by atoms with van der Waals surface area (Å²) in [7, 11) is -2.17. The molecule has 0 saturated carbocycles. The van der Waals surface area contributed by atoms with Crippen LogP contribution < -0.4 is 5.32 Å². The van der Waals surface area contributed by atoms with Gasteiger partial charge in [0.2, 0.25) is 0 Å². The number of hydrogen-bond donors (Lipinski definition) is 4. The van der Waals surface area contributed by atoms with Crippen LogP contribution in [0.4, 0.5) is 8.78 Å². The third-order valence-electron chi connectivity index (χ3n) is 1.28. The van der Waals surface area contributed by atoms with Gasteiger partial charge >= 0.3 is 13.9 Å². The molecule has 0 aromatic heterocycles. The van der Waals surface area contributed by atoms with Crippen molar-refractivity contribution in [3.63, 3.8) is 0 Å². The first-order chi connectivity index (χ1) is 7.43. The highest BCUT2D eigenvalue weighted by atomic mass is 19.3. The van der Waals surface area contributed by atoms with E-state index < -0.39 is 19.8 Å². The predicted octanol–water partition coefficient (Wildman–Crippen LogP) is -0.413. The average Bonchev–Trinajstić information content (AvgIpc) is 2.17. The van der Waals surface area contributed by atoms with Crippen LogP contribution in [0.15, 0.2) is 30.3 Å². The van der Waals surface area contributed by atoms with Gasteiger partial charge in [-0.05, 0) is 12.1 Å². The van der Waals surface area contributed by atoms with Crippen molar-refractivity contribution >= 4 is 13.2 Å². The molecule has 1 rings (SSSR count). The van der Waals surface area contributed by atoms with Gasteiger partial charge in [-0.2, -0.15) is 8.78 Å². The summed E-state index contributed by atoms with van der Waals surface area (Å²) in [6.45, 7) is -2.81. The van der Waals surface area contributed by atoms with Crippen LogP contribution in [0.2, 0.25) is 0 Å². The second-order valence-electron chi connectivity index (χ2n) is 2.49. The molecule has 4 N–H and O–H groups in total. The van der Waals surface area contributed by atoms with Gasteiger partial charge in [0.05, 0.1) is 0 Å². The maximum atomic E-state index is 11.6. The molecule has 0 atom stereocenters. The van der Waals surface area contributed by atoms with Crippen LogP contribution in [0, 0.1) is 0 Å². The lowest BCUT2D eigenvalue weighted by atomic mass is 10.2. The Kier molecular flexibility index (Phi) is 7.02. The molecule has 0 aliphatic heterocycles. The summed E-state index contributed by atoms with van der Waals surface area (Å²) >= 11 is 0. The van der Waals surface area contributed by atoms with Crippen molar-refractivity contribution in [3.8, 4) is 0 Å². The molecule has 0 radical (unpaired) electrons. The van der Waals surface area contributed by atoms with Gasteiger partial charge < -0.3 is 15.1 Å². The minimum Gasteiger partial charge on any atom is -0.402 e. The van der Waals surface area contributed by atoms with E-state index in [0.29, 0.717) is 0 Å². The Balaban J connectivity index is 0.000000487. The van der Waals surface area contributed by atoms with Crippen LogP contribution in [0.3, 0.4) is 0 Å². The Bertz CT molecular complexity index is 307. The molecule has 0 fully saturated rings. The van der Waals surface area contributed by atoms with Crippen LogP contribution in [0.5, 0.6) is 0 Å². The lowest BCUT2D eigenvalue weighted by Crippen LogP contribution is -2.28. The van der Waals surface area contributed by atoms with Gasteiger partial charge in [0.25, 0.3) is 5.91 Å². The molecular weight excluding hydrogens is 223 g/mol. The fourth-order valence-electron chi connectivity index (χ4n) is 0.772. The number of nitrogens with one attached hydrogen (secondary N) is 1. The SMILES string of the molecule is O=C(NC(F)F)c1ccccc1.OB(O)O. The molecule has 0 spiro atoms. The van der Waals surface area contributed by atoms with Crippen LogP contribution >= 0.6 is 0 Å². The molecule has 0 bridgehead atoms. The Morgan fingerprint density at radius 1 is 1.19 bits per heavy atom. The van der Waals surface area contributed by atoms with E-state index in [1.807, 2.05) is 0 Å². The van der Waals surface area contributed by atoms with Crippen LogP contribution in [0.1, 0.15) is 10.4 Å². The van der Waals surface area contributed by atoms with Crippen molar-refractivity contribution in [2.24, 2.45) is 0 Å². The van der Waals surface area contributed by atoms with Crippen molar-refractivity contribution in [1.82, 2.24) is 5.32 Å². The summed E-state index contributed by atoms with van der Waals surface area (Å²) in [5.41, 5.74) is 0.234. The third kappa shape index (κ3) is 7.86. The number of halogens is 2. The molecule has 0 heterocycles. The van der Waals surface area contributed by atoms with Gasteiger partial charge in [-0.3, -0.25) is 10.1 Å². The average molecular weight is 233 g/mol. The molecule has 1 aromatic carbocycles. The maximum absolute atomic E-state index is 11.6. The van der Waals surface area contributed by atoms with Crippen molar-refractivity contribution in [2.45, 2.75) is 6.55 Å². The zero-order chi connectivity index (χ0) is 12.6. The fraction of sp³-hybridized carbons (Fsp3) is 0.125. The Morgan fingerprint density at radius 3 is 2.00 bits per heavy atom. The zero-order valence-corrected chi connectivity index (χ0v) is 8.05. The number of alkyl halides is 2. The second-order valence-corrected chi connectivity index (χ2v) is 2.49. The van der Waals surface area contributed by atoms with E-state index in [-0.39, 0.29) is 5.56 Å². The summed E-state index contributed by atoms with van der Waals surface area (Å²) in [5.74, 6) is -0.759. The van der Waals surface area contributed by atoms with Crippen molar-refractivity contribution < 1.29 is 28.6 Å². The van der Waals surface area contributed by atoms with E-state index in [9.17, 15) is 13.6 Å². The van der Waals surface area contributed by atoms with E-state index in [1.165, 1.54) is 17.4 Å². The summed E-state index contributed by atoms with van der Waals surface area (Å²) in [4.78, 5) is 10.9. The molecule has 5 nitrogen and oxygen atoms in total. The van der Waals surface area contributed by atoms with E-state index in [4.69, 9.17) is 15.1 Å². The first-order valence-electron chi connectivity index (χ1n) is 4.11. The normalized spacial score (nSPS) is 9.12. The second kappa shape index (κ2) is 7.74. The van der Waals surface area contributed by atoms with E-state index in [0.717, 1.165) is 0 Å². The van der Waals surface area contributed by atoms with Gasteiger partial charge in [0.1, 0.15) is 0 Å². The summed E-state index contributed by atoms with van der Waals surface area (Å²) in [6, 6.07) is 7.87. The van der Waals surface area contributed by atoms with Gasteiger partial charge in [-0.25, -0.2) is 0 Å². The standard InChI is InChI=1S/C8H7F2NO.BH3O3/c9-8(10)11-7(12)6-4-2-1-3-5-6;2-1(3)4/h1-5,8H,(H,11,12);2-4H. The third-order valence-corrected chi connectivity index (χ3v) is 1.28. The number of amides is 1. The number of hydrogen-bond acceptors (Lipinski definition) is 4. The minimum absolute atomic E-state index is 0.234. The number of benzene rings is 1. The van der Waals surface area contributed by atoms with Crippen LogP contribution in [-0.2, 0) is 0 Å². The molecule has 1 aromatic rings. The molecule has 88 valence electrons.